The molecule has 230 valence electrons. The molecule has 1 saturated carbocycles. The van der Waals surface area contributed by atoms with Gasteiger partial charge in [-0.15, -0.1) is 0 Å². The van der Waals surface area contributed by atoms with E-state index in [1.807, 2.05) is 0 Å². The average molecular weight is 565 g/mol. The van der Waals surface area contributed by atoms with Crippen molar-refractivity contribution in [2.45, 2.75) is 142 Å². The third-order valence-corrected chi connectivity index (χ3v) is 8.74. The Labute approximate surface area is 242 Å². The zero-order chi connectivity index (χ0) is 29.3. The minimum Gasteiger partial charge on any atom is -0.466 e. The first-order chi connectivity index (χ1) is 19.4. The van der Waals surface area contributed by atoms with Crippen LogP contribution >= 0.6 is 0 Å². The molecule has 0 saturated heterocycles. The van der Waals surface area contributed by atoms with Crippen LogP contribution in [0.25, 0.3) is 0 Å². The summed E-state index contributed by atoms with van der Waals surface area (Å²) in [6.07, 6.45) is 19.8. The van der Waals surface area contributed by atoms with Crippen LogP contribution < -0.4 is 5.32 Å². The standard InChI is InChI=1S/C32H56N2O6/c1-6-8-9-10-11-12-13-14-15-16-17-18-19-21-25-22-20-23-26(38-4)28(25)29-27(30(35)39-5)24(3)33-31(36)34(29)32(37)40-7-2/h25-26,28-29H,6-23H2,1-5H3,(H,33,36). The van der Waals surface area contributed by atoms with Crippen LogP contribution in [-0.2, 0) is 19.0 Å². The van der Waals surface area contributed by atoms with Crippen LogP contribution in [0.4, 0.5) is 9.59 Å². The molecule has 2 aliphatic rings. The number of nitrogens with one attached hydrogen (secondary N) is 1. The number of unbranched alkanes of at least 4 members (excludes halogenated alkanes) is 12. The van der Waals surface area contributed by atoms with Crippen molar-refractivity contribution in [1.29, 1.82) is 0 Å². The summed E-state index contributed by atoms with van der Waals surface area (Å²) >= 11 is 0. The maximum absolute atomic E-state index is 13.1. The van der Waals surface area contributed by atoms with E-state index in [0.29, 0.717) is 11.3 Å². The largest absolute Gasteiger partial charge is 0.466 e. The van der Waals surface area contributed by atoms with E-state index < -0.39 is 24.1 Å². The van der Waals surface area contributed by atoms with Crippen LogP contribution in [0, 0.1) is 11.8 Å². The number of urea groups is 1. The summed E-state index contributed by atoms with van der Waals surface area (Å²) in [5, 5.41) is 2.67. The van der Waals surface area contributed by atoms with Gasteiger partial charge in [0.1, 0.15) is 0 Å². The van der Waals surface area contributed by atoms with Crippen molar-refractivity contribution < 1.29 is 28.6 Å². The summed E-state index contributed by atoms with van der Waals surface area (Å²) in [5.74, 6) is -0.542. The fourth-order valence-corrected chi connectivity index (χ4v) is 6.67. The molecule has 2 rings (SSSR count). The minimum absolute atomic E-state index is 0.131. The number of nitrogens with zero attached hydrogens (tertiary/aromatic N) is 1. The van der Waals surface area contributed by atoms with Gasteiger partial charge in [-0.1, -0.05) is 96.8 Å². The van der Waals surface area contributed by atoms with Gasteiger partial charge in [0.15, 0.2) is 0 Å². The molecule has 4 atom stereocenters. The Hall–Kier alpha value is -2.09. The highest BCUT2D eigenvalue weighted by atomic mass is 16.6. The van der Waals surface area contributed by atoms with Crippen LogP contribution in [-0.4, -0.2) is 56.0 Å². The van der Waals surface area contributed by atoms with Crippen molar-refractivity contribution in [3.8, 4) is 0 Å². The van der Waals surface area contributed by atoms with Crippen LogP contribution in [0.3, 0.4) is 0 Å². The molecule has 0 radical (unpaired) electrons. The van der Waals surface area contributed by atoms with Gasteiger partial charge < -0.3 is 19.5 Å². The quantitative estimate of drug-likeness (QED) is 0.134. The zero-order valence-corrected chi connectivity index (χ0v) is 25.9. The summed E-state index contributed by atoms with van der Waals surface area (Å²) in [4.78, 5) is 40.2. The molecular formula is C32H56N2O6. The zero-order valence-electron chi connectivity index (χ0n) is 25.9. The number of rotatable bonds is 18. The van der Waals surface area contributed by atoms with E-state index in [4.69, 9.17) is 14.2 Å². The summed E-state index contributed by atoms with van der Waals surface area (Å²) in [5.41, 5.74) is 0.724. The highest BCUT2D eigenvalue weighted by Gasteiger charge is 2.51. The first-order valence-corrected chi connectivity index (χ1v) is 16.0. The van der Waals surface area contributed by atoms with E-state index in [1.54, 1.807) is 21.0 Å². The molecule has 0 aromatic carbocycles. The molecule has 3 amide bonds. The number of esters is 1. The van der Waals surface area contributed by atoms with Crippen LogP contribution in [0.1, 0.15) is 130 Å². The molecule has 1 heterocycles. The Balaban J connectivity index is 2.01. The Morgan fingerprint density at radius 2 is 1.45 bits per heavy atom. The first-order valence-electron chi connectivity index (χ1n) is 16.0. The average Bonchev–Trinajstić information content (AvgIpc) is 2.94. The van der Waals surface area contributed by atoms with Crippen LogP contribution in [0.5, 0.6) is 0 Å². The second-order valence-corrected chi connectivity index (χ2v) is 11.5. The molecule has 0 aromatic heterocycles. The molecule has 4 unspecified atom stereocenters. The van der Waals surface area contributed by atoms with Gasteiger partial charge >= 0.3 is 18.1 Å². The fraction of sp³-hybridized carbons (Fsp3) is 0.844. The van der Waals surface area contributed by atoms with E-state index in [9.17, 15) is 14.4 Å². The van der Waals surface area contributed by atoms with Crippen LogP contribution in [0.2, 0.25) is 0 Å². The number of carbonyl (C=O) groups is 3. The summed E-state index contributed by atoms with van der Waals surface area (Å²) in [6.45, 7) is 5.78. The fourth-order valence-electron chi connectivity index (χ4n) is 6.67. The molecule has 1 aliphatic heterocycles. The molecule has 0 bridgehead atoms. The van der Waals surface area contributed by atoms with Crippen molar-refractivity contribution in [3.05, 3.63) is 11.3 Å². The topological polar surface area (TPSA) is 94.2 Å². The van der Waals surface area contributed by atoms with Gasteiger partial charge in [0.2, 0.25) is 0 Å². The maximum atomic E-state index is 13.1. The van der Waals surface area contributed by atoms with E-state index in [0.717, 1.165) is 37.0 Å². The van der Waals surface area contributed by atoms with E-state index in [1.165, 1.54) is 84.2 Å². The second kappa shape index (κ2) is 19.1. The smallest absolute Gasteiger partial charge is 0.418 e. The van der Waals surface area contributed by atoms with Gasteiger partial charge in [0, 0.05) is 18.7 Å². The van der Waals surface area contributed by atoms with Crippen molar-refractivity contribution >= 4 is 18.1 Å². The number of methoxy groups -OCH3 is 2. The maximum Gasteiger partial charge on any atom is 0.418 e. The lowest BCUT2D eigenvalue weighted by Gasteiger charge is -2.47. The van der Waals surface area contributed by atoms with Gasteiger partial charge in [-0.25, -0.2) is 19.3 Å². The molecule has 8 nitrogen and oxygen atoms in total. The third kappa shape index (κ3) is 10.1. The second-order valence-electron chi connectivity index (χ2n) is 11.5. The summed E-state index contributed by atoms with van der Waals surface area (Å²) < 4.78 is 16.3. The highest BCUT2D eigenvalue weighted by molar-refractivity contribution is 6.00. The lowest BCUT2D eigenvalue weighted by molar-refractivity contribution is -0.137. The number of allylic oxidation sites excluding steroid dienone is 1. The lowest BCUT2D eigenvalue weighted by Crippen LogP contribution is -2.61. The number of hydrogen-bond donors (Lipinski definition) is 1. The van der Waals surface area contributed by atoms with E-state index in [-0.39, 0.29) is 24.5 Å². The third-order valence-electron chi connectivity index (χ3n) is 8.74. The van der Waals surface area contributed by atoms with Crippen molar-refractivity contribution in [1.82, 2.24) is 10.2 Å². The van der Waals surface area contributed by atoms with E-state index in [2.05, 4.69) is 12.2 Å². The van der Waals surface area contributed by atoms with Crippen molar-refractivity contribution in [2.75, 3.05) is 20.8 Å². The lowest BCUT2D eigenvalue weighted by atomic mass is 9.68. The normalized spacial score (nSPS) is 23.2. The molecule has 40 heavy (non-hydrogen) atoms. The molecule has 1 aliphatic carbocycles. The van der Waals surface area contributed by atoms with Crippen molar-refractivity contribution in [3.63, 3.8) is 0 Å². The minimum atomic E-state index is -0.794. The number of ether oxygens (including phenoxy) is 3. The van der Waals surface area contributed by atoms with Gasteiger partial charge in [0.25, 0.3) is 0 Å². The number of hydrogen-bond acceptors (Lipinski definition) is 6. The molecule has 0 spiro atoms. The van der Waals surface area contributed by atoms with Gasteiger partial charge in [0.05, 0.1) is 31.4 Å². The molecule has 1 fully saturated rings. The summed E-state index contributed by atoms with van der Waals surface area (Å²) in [7, 11) is 3.00. The van der Waals surface area contributed by atoms with Gasteiger partial charge in [-0.3, -0.25) is 0 Å². The molecular weight excluding hydrogens is 508 g/mol. The van der Waals surface area contributed by atoms with E-state index >= 15 is 0 Å². The SMILES string of the molecule is CCCCCCCCCCCCCCCC1CCCC(OC)C1C1C(C(=O)OC)=C(C)NC(=O)N1C(=O)OCC. The predicted molar refractivity (Wildman–Crippen MR) is 158 cm³/mol. The predicted octanol–water partition coefficient (Wildman–Crippen LogP) is 7.90. The Bertz CT molecular complexity index is 813. The Morgan fingerprint density at radius 1 is 0.875 bits per heavy atom. The first kappa shape index (κ1) is 34.1. The van der Waals surface area contributed by atoms with Crippen LogP contribution in [0.15, 0.2) is 11.3 Å². The van der Waals surface area contributed by atoms with Gasteiger partial charge in [-0.05, 0) is 39.0 Å². The van der Waals surface area contributed by atoms with Gasteiger partial charge in [-0.2, -0.15) is 0 Å². The van der Waals surface area contributed by atoms with Crippen molar-refractivity contribution in [2.24, 2.45) is 11.8 Å². The molecule has 0 aromatic rings. The monoisotopic (exact) mass is 564 g/mol. The number of carbonyl (C=O) groups excluding carboxylic acids is 3. The Morgan fingerprint density at radius 3 is 1.98 bits per heavy atom. The summed E-state index contributed by atoms with van der Waals surface area (Å²) in [6, 6.07) is -1.37. The highest BCUT2D eigenvalue weighted by Crippen LogP contribution is 2.43. The number of imide groups is 1. The molecule has 1 N–H and O–H groups in total. The number of amides is 3. The molecule has 8 heteroatoms. The Kier molecular flexibility index (Phi) is 16.3.